The fourth-order valence-corrected chi connectivity index (χ4v) is 1.09. The van der Waals surface area contributed by atoms with Gasteiger partial charge in [-0.25, -0.2) is 0 Å². The minimum Gasteiger partial charge on any atom is -0.308 e. The Morgan fingerprint density at radius 2 is 1.80 bits per heavy atom. The predicted molar refractivity (Wildman–Crippen MR) is 62.8 cm³/mol. The summed E-state index contributed by atoms with van der Waals surface area (Å²) in [6.45, 7) is 1.74. The number of carbonyl (C=O) groups excluding carboxylic acids is 1. The first kappa shape index (κ1) is 11.6. The Labute approximate surface area is 90.4 Å². The van der Waals surface area contributed by atoms with Crippen LogP contribution in [0, 0.1) is 0 Å². The third-order valence-corrected chi connectivity index (χ3v) is 1.99. The van der Waals surface area contributed by atoms with Crippen LogP contribution >= 0.6 is 0 Å². The van der Waals surface area contributed by atoms with Gasteiger partial charge in [-0.15, -0.1) is 0 Å². The van der Waals surface area contributed by atoms with E-state index in [9.17, 15) is 4.79 Å². The second-order valence-electron chi connectivity index (χ2n) is 3.62. The maximum Gasteiger partial charge on any atom is 0.150 e. The van der Waals surface area contributed by atoms with Gasteiger partial charge in [-0.05, 0) is 19.7 Å². The van der Waals surface area contributed by atoms with Gasteiger partial charge in [-0.3, -0.25) is 9.79 Å². The van der Waals surface area contributed by atoms with Crippen LogP contribution in [0.2, 0.25) is 0 Å². The predicted octanol–water partition coefficient (Wildman–Crippen LogP) is 1.48. The number of rotatable bonds is 5. The first-order chi connectivity index (χ1) is 7.22. The van der Waals surface area contributed by atoms with E-state index in [4.69, 9.17) is 0 Å². The van der Waals surface area contributed by atoms with Crippen LogP contribution in [0.15, 0.2) is 29.3 Å². The molecule has 1 aromatic carbocycles. The molecular weight excluding hydrogens is 188 g/mol. The van der Waals surface area contributed by atoms with Crippen LogP contribution < -0.4 is 0 Å². The molecule has 0 atom stereocenters. The van der Waals surface area contributed by atoms with Crippen molar-refractivity contribution in [2.24, 2.45) is 4.99 Å². The minimum absolute atomic E-state index is 0.695. The van der Waals surface area contributed by atoms with Crippen molar-refractivity contribution in [3.05, 3.63) is 35.4 Å². The number of hydrogen-bond donors (Lipinski definition) is 0. The Morgan fingerprint density at radius 1 is 1.20 bits per heavy atom. The van der Waals surface area contributed by atoms with Gasteiger partial charge in [0, 0.05) is 18.3 Å². The zero-order valence-corrected chi connectivity index (χ0v) is 9.18. The maximum atomic E-state index is 10.4. The molecule has 0 aliphatic carbocycles. The van der Waals surface area contributed by atoms with Gasteiger partial charge in [0.2, 0.25) is 0 Å². The van der Waals surface area contributed by atoms with E-state index < -0.39 is 0 Å². The first-order valence-corrected chi connectivity index (χ1v) is 4.92. The van der Waals surface area contributed by atoms with E-state index in [1.54, 1.807) is 12.1 Å². The molecule has 0 amide bonds. The van der Waals surface area contributed by atoms with Crippen molar-refractivity contribution in [2.45, 2.75) is 0 Å². The lowest BCUT2D eigenvalue weighted by Crippen LogP contribution is -2.15. The van der Waals surface area contributed by atoms with E-state index in [1.165, 1.54) is 0 Å². The molecule has 0 spiro atoms. The van der Waals surface area contributed by atoms with E-state index in [0.717, 1.165) is 24.9 Å². The second-order valence-corrected chi connectivity index (χ2v) is 3.62. The largest absolute Gasteiger partial charge is 0.308 e. The van der Waals surface area contributed by atoms with Crippen LogP contribution in [0.3, 0.4) is 0 Å². The van der Waals surface area contributed by atoms with Crippen LogP contribution in [0.25, 0.3) is 0 Å². The van der Waals surface area contributed by atoms with Crippen molar-refractivity contribution in [2.75, 3.05) is 27.2 Å². The molecule has 0 saturated carbocycles. The zero-order valence-electron chi connectivity index (χ0n) is 9.18. The number of hydrogen-bond acceptors (Lipinski definition) is 3. The third-order valence-electron chi connectivity index (χ3n) is 1.99. The SMILES string of the molecule is CN(C)CCN=Cc1ccc(C=O)cc1. The number of nitrogens with zero attached hydrogens (tertiary/aromatic N) is 2. The van der Waals surface area contributed by atoms with Crippen molar-refractivity contribution in [3.63, 3.8) is 0 Å². The highest BCUT2D eigenvalue weighted by molar-refractivity contribution is 5.82. The average molecular weight is 204 g/mol. The number of aldehydes is 1. The van der Waals surface area contributed by atoms with E-state index in [-0.39, 0.29) is 0 Å². The van der Waals surface area contributed by atoms with Crippen LogP contribution in [0.1, 0.15) is 15.9 Å². The quantitative estimate of drug-likeness (QED) is 0.537. The van der Waals surface area contributed by atoms with Crippen LogP contribution in [0.4, 0.5) is 0 Å². The van der Waals surface area contributed by atoms with Gasteiger partial charge < -0.3 is 4.90 Å². The zero-order chi connectivity index (χ0) is 11.1. The van der Waals surface area contributed by atoms with Gasteiger partial charge in [-0.1, -0.05) is 24.3 Å². The van der Waals surface area contributed by atoms with Crippen molar-refractivity contribution >= 4 is 12.5 Å². The lowest BCUT2D eigenvalue weighted by Gasteiger charge is -2.05. The lowest BCUT2D eigenvalue weighted by atomic mass is 10.2. The summed E-state index contributed by atoms with van der Waals surface area (Å²) in [4.78, 5) is 16.8. The summed E-state index contributed by atoms with van der Waals surface area (Å²) in [5, 5.41) is 0. The van der Waals surface area contributed by atoms with Crippen LogP contribution in [-0.2, 0) is 0 Å². The Hall–Kier alpha value is -1.48. The second kappa shape index (κ2) is 6.09. The Morgan fingerprint density at radius 3 is 2.33 bits per heavy atom. The van der Waals surface area contributed by atoms with Crippen molar-refractivity contribution in [1.82, 2.24) is 4.90 Å². The molecular formula is C12H16N2O. The molecule has 0 aliphatic rings. The number of carbonyl (C=O) groups is 1. The Balaban J connectivity index is 2.46. The van der Waals surface area contributed by atoms with E-state index in [0.29, 0.717) is 5.56 Å². The molecule has 0 aromatic heterocycles. The molecule has 0 N–H and O–H groups in total. The number of aliphatic imine (C=N–C) groups is 1. The molecule has 3 nitrogen and oxygen atoms in total. The van der Waals surface area contributed by atoms with Gasteiger partial charge in [-0.2, -0.15) is 0 Å². The van der Waals surface area contributed by atoms with Gasteiger partial charge in [0.15, 0.2) is 0 Å². The molecule has 0 fully saturated rings. The third kappa shape index (κ3) is 4.51. The fourth-order valence-electron chi connectivity index (χ4n) is 1.09. The van der Waals surface area contributed by atoms with E-state index in [1.807, 2.05) is 32.4 Å². The molecule has 0 bridgehead atoms. The molecule has 0 unspecified atom stereocenters. The van der Waals surface area contributed by atoms with Gasteiger partial charge in [0.05, 0.1) is 6.54 Å². The first-order valence-electron chi connectivity index (χ1n) is 4.92. The molecule has 1 aromatic rings. The Bertz CT molecular complexity index is 328. The molecule has 0 aliphatic heterocycles. The lowest BCUT2D eigenvalue weighted by molar-refractivity contribution is 0.112. The summed E-state index contributed by atoms with van der Waals surface area (Å²) in [6.07, 6.45) is 2.67. The van der Waals surface area contributed by atoms with Crippen molar-refractivity contribution < 1.29 is 4.79 Å². The molecule has 80 valence electrons. The highest BCUT2D eigenvalue weighted by Gasteiger charge is 1.90. The van der Waals surface area contributed by atoms with Crippen molar-refractivity contribution in [3.8, 4) is 0 Å². The van der Waals surface area contributed by atoms with Gasteiger partial charge in [0.1, 0.15) is 6.29 Å². The smallest absolute Gasteiger partial charge is 0.150 e. The molecule has 0 saturated heterocycles. The maximum absolute atomic E-state index is 10.4. The van der Waals surface area contributed by atoms with Gasteiger partial charge in [0.25, 0.3) is 0 Å². The van der Waals surface area contributed by atoms with Gasteiger partial charge >= 0.3 is 0 Å². The molecule has 3 heteroatoms. The summed E-state index contributed by atoms with van der Waals surface area (Å²) in [5.41, 5.74) is 1.72. The van der Waals surface area contributed by atoms with Crippen LogP contribution in [0.5, 0.6) is 0 Å². The van der Waals surface area contributed by atoms with E-state index >= 15 is 0 Å². The summed E-state index contributed by atoms with van der Waals surface area (Å²) >= 11 is 0. The summed E-state index contributed by atoms with van der Waals surface area (Å²) in [5.74, 6) is 0. The fraction of sp³-hybridized carbons (Fsp3) is 0.333. The van der Waals surface area contributed by atoms with Crippen molar-refractivity contribution in [1.29, 1.82) is 0 Å². The normalized spacial score (nSPS) is 11.1. The molecule has 1 rings (SSSR count). The summed E-state index contributed by atoms with van der Waals surface area (Å²) in [6, 6.07) is 7.37. The van der Waals surface area contributed by atoms with Crippen LogP contribution in [-0.4, -0.2) is 44.6 Å². The summed E-state index contributed by atoms with van der Waals surface area (Å²) in [7, 11) is 4.04. The Kier molecular flexibility index (Phi) is 4.71. The standard InChI is InChI=1S/C12H16N2O/c1-14(2)8-7-13-9-11-3-5-12(10-15)6-4-11/h3-6,9-10H,7-8H2,1-2H3. The molecule has 15 heavy (non-hydrogen) atoms. The molecule has 0 radical (unpaired) electrons. The van der Waals surface area contributed by atoms with E-state index in [2.05, 4.69) is 9.89 Å². The number of likely N-dealkylation sites (N-methyl/N-ethyl adjacent to an activating group) is 1. The highest BCUT2D eigenvalue weighted by Crippen LogP contribution is 1.99. The highest BCUT2D eigenvalue weighted by atomic mass is 16.1. The average Bonchev–Trinajstić information content (AvgIpc) is 2.25. The molecule has 0 heterocycles. The minimum atomic E-state index is 0.695. The summed E-state index contributed by atoms with van der Waals surface area (Å²) < 4.78 is 0. The topological polar surface area (TPSA) is 32.7 Å². The number of benzene rings is 1. The monoisotopic (exact) mass is 204 g/mol.